The Bertz CT molecular complexity index is 945. The maximum Gasteiger partial charge on any atom is 0.200 e. The van der Waals surface area contributed by atoms with Gasteiger partial charge in [0.1, 0.15) is 5.58 Å². The minimum atomic E-state index is -0.533. The number of para-hydroxylation sites is 1. The van der Waals surface area contributed by atoms with E-state index in [-0.39, 0.29) is 16.4 Å². The van der Waals surface area contributed by atoms with Crippen LogP contribution in [0.2, 0.25) is 5.02 Å². The molecule has 1 saturated heterocycles. The Morgan fingerprint density at radius 2 is 1.91 bits per heavy atom. The molecule has 0 bridgehead atoms. The van der Waals surface area contributed by atoms with Crippen LogP contribution in [0.5, 0.6) is 0 Å². The lowest BCUT2D eigenvalue weighted by molar-refractivity contribution is 0.579. The Labute approximate surface area is 130 Å². The number of benzene rings is 2. The monoisotopic (exact) mass is 317 g/mol. The van der Waals surface area contributed by atoms with Crippen LogP contribution in [0.25, 0.3) is 21.9 Å². The Morgan fingerprint density at radius 3 is 2.68 bits per heavy atom. The maximum absolute atomic E-state index is 13.9. The second-order valence-corrected chi connectivity index (χ2v) is 5.95. The lowest BCUT2D eigenvalue weighted by Gasteiger charge is -2.19. The smallest absolute Gasteiger partial charge is 0.200 e. The third-order valence-corrected chi connectivity index (χ3v) is 4.47. The molecule has 2 aromatic carbocycles. The van der Waals surface area contributed by atoms with Gasteiger partial charge in [0.2, 0.25) is 5.43 Å². The Morgan fingerprint density at radius 1 is 1.14 bits per heavy atom. The summed E-state index contributed by atoms with van der Waals surface area (Å²) in [5.74, 6) is -0.533. The van der Waals surface area contributed by atoms with Crippen molar-refractivity contribution in [3.8, 4) is 0 Å². The second kappa shape index (κ2) is 4.99. The van der Waals surface area contributed by atoms with Crippen molar-refractivity contribution in [2.45, 2.75) is 12.8 Å². The minimum Gasteiger partial charge on any atom is -0.453 e. The number of halogens is 2. The molecule has 2 heterocycles. The predicted molar refractivity (Wildman–Crippen MR) is 86.4 cm³/mol. The summed E-state index contributed by atoms with van der Waals surface area (Å²) in [5.41, 5.74) is 0.944. The van der Waals surface area contributed by atoms with E-state index in [1.807, 2.05) is 0 Å². The highest BCUT2D eigenvalue weighted by atomic mass is 35.5. The van der Waals surface area contributed by atoms with Gasteiger partial charge in [0, 0.05) is 19.2 Å². The van der Waals surface area contributed by atoms with E-state index < -0.39 is 5.82 Å². The predicted octanol–water partition coefficient (Wildman–Crippen LogP) is 4.34. The molecule has 22 heavy (non-hydrogen) atoms. The van der Waals surface area contributed by atoms with Crippen LogP contribution >= 0.6 is 11.6 Å². The number of hydrogen-bond donors (Lipinski definition) is 0. The van der Waals surface area contributed by atoms with Gasteiger partial charge in [-0.15, -0.1) is 0 Å². The van der Waals surface area contributed by atoms with Crippen molar-refractivity contribution in [2.75, 3.05) is 18.0 Å². The summed E-state index contributed by atoms with van der Waals surface area (Å²) in [6, 6.07) is 7.72. The summed E-state index contributed by atoms with van der Waals surface area (Å²) < 4.78 is 19.6. The van der Waals surface area contributed by atoms with Crippen molar-refractivity contribution in [3.63, 3.8) is 0 Å². The highest BCUT2D eigenvalue weighted by Crippen LogP contribution is 2.33. The van der Waals surface area contributed by atoms with Crippen molar-refractivity contribution in [3.05, 3.63) is 51.4 Å². The summed E-state index contributed by atoms with van der Waals surface area (Å²) in [7, 11) is 0. The SMILES string of the molecule is O=c1c2cc(Cl)c(N3CCCC3)cc2oc2c(F)cccc12. The van der Waals surface area contributed by atoms with E-state index in [9.17, 15) is 9.18 Å². The van der Waals surface area contributed by atoms with Crippen molar-refractivity contribution in [2.24, 2.45) is 0 Å². The molecular weight excluding hydrogens is 305 g/mol. The molecule has 0 saturated carbocycles. The average molecular weight is 318 g/mol. The number of fused-ring (bicyclic) bond motifs is 2. The summed E-state index contributed by atoms with van der Waals surface area (Å²) in [5, 5.41) is 1.14. The van der Waals surface area contributed by atoms with Gasteiger partial charge in [0.05, 0.1) is 21.5 Å². The first kappa shape index (κ1) is 13.6. The zero-order chi connectivity index (χ0) is 15.3. The van der Waals surface area contributed by atoms with Gasteiger partial charge in [-0.05, 0) is 31.0 Å². The Kier molecular flexibility index (Phi) is 3.08. The van der Waals surface area contributed by atoms with E-state index >= 15 is 0 Å². The van der Waals surface area contributed by atoms with E-state index in [2.05, 4.69) is 4.90 Å². The van der Waals surface area contributed by atoms with E-state index in [1.165, 1.54) is 12.1 Å². The lowest BCUT2D eigenvalue weighted by Crippen LogP contribution is -2.18. The Hall–Kier alpha value is -2.07. The standard InChI is InChI=1S/C17H13ClFNO2/c18-12-8-11-15(9-14(12)20-6-1-2-7-20)22-17-10(16(11)21)4-3-5-13(17)19/h3-5,8-9H,1-2,6-7H2. The number of nitrogens with zero attached hydrogens (tertiary/aromatic N) is 1. The molecule has 0 unspecified atom stereocenters. The van der Waals surface area contributed by atoms with Crippen LogP contribution in [-0.4, -0.2) is 13.1 Å². The molecule has 1 aromatic heterocycles. The molecule has 4 rings (SSSR count). The normalized spacial score (nSPS) is 15.1. The number of rotatable bonds is 1. The van der Waals surface area contributed by atoms with E-state index in [4.69, 9.17) is 16.0 Å². The van der Waals surface area contributed by atoms with Crippen molar-refractivity contribution < 1.29 is 8.81 Å². The first-order valence-electron chi connectivity index (χ1n) is 7.25. The van der Waals surface area contributed by atoms with E-state index in [0.717, 1.165) is 31.6 Å². The fourth-order valence-electron chi connectivity index (χ4n) is 3.05. The van der Waals surface area contributed by atoms with E-state index in [1.54, 1.807) is 18.2 Å². The molecule has 3 nitrogen and oxygen atoms in total. The van der Waals surface area contributed by atoms with Gasteiger partial charge >= 0.3 is 0 Å². The largest absolute Gasteiger partial charge is 0.453 e. The van der Waals surface area contributed by atoms with Gasteiger partial charge in [0.25, 0.3) is 0 Å². The topological polar surface area (TPSA) is 33.5 Å². The van der Waals surface area contributed by atoms with Gasteiger partial charge in [-0.2, -0.15) is 0 Å². The van der Waals surface area contributed by atoms with E-state index in [0.29, 0.717) is 16.0 Å². The molecule has 112 valence electrons. The first-order chi connectivity index (χ1) is 10.6. The van der Waals surface area contributed by atoms with Crippen molar-refractivity contribution >= 4 is 39.2 Å². The van der Waals surface area contributed by atoms with Gasteiger partial charge in [0.15, 0.2) is 11.4 Å². The van der Waals surface area contributed by atoms with Crippen LogP contribution in [0.1, 0.15) is 12.8 Å². The van der Waals surface area contributed by atoms with Crippen LogP contribution in [0, 0.1) is 5.82 Å². The zero-order valence-electron chi connectivity index (χ0n) is 11.7. The third-order valence-electron chi connectivity index (χ3n) is 4.16. The molecule has 5 heteroatoms. The van der Waals surface area contributed by atoms with Gasteiger partial charge < -0.3 is 9.32 Å². The quantitative estimate of drug-likeness (QED) is 0.626. The third kappa shape index (κ3) is 1.98. The molecule has 3 aromatic rings. The number of anilines is 1. The van der Waals surface area contributed by atoms with Crippen LogP contribution < -0.4 is 10.3 Å². The summed E-state index contributed by atoms with van der Waals surface area (Å²) in [6.45, 7) is 1.86. The summed E-state index contributed by atoms with van der Waals surface area (Å²) >= 11 is 6.34. The fourth-order valence-corrected chi connectivity index (χ4v) is 3.33. The number of hydrogen-bond acceptors (Lipinski definition) is 3. The van der Waals surface area contributed by atoms with Crippen molar-refractivity contribution in [1.82, 2.24) is 0 Å². The van der Waals surface area contributed by atoms with Gasteiger partial charge in [-0.3, -0.25) is 4.79 Å². The zero-order valence-corrected chi connectivity index (χ0v) is 12.5. The summed E-state index contributed by atoms with van der Waals surface area (Å²) in [6.07, 6.45) is 2.23. The molecule has 1 aliphatic rings. The molecule has 0 radical (unpaired) electrons. The molecule has 0 spiro atoms. The van der Waals surface area contributed by atoms with Gasteiger partial charge in [-0.25, -0.2) is 4.39 Å². The maximum atomic E-state index is 13.9. The Balaban J connectivity index is 2.05. The minimum absolute atomic E-state index is 0.00491. The van der Waals surface area contributed by atoms with Gasteiger partial charge in [-0.1, -0.05) is 17.7 Å². The molecule has 1 aliphatic heterocycles. The second-order valence-electron chi connectivity index (χ2n) is 5.54. The molecule has 0 aliphatic carbocycles. The summed E-state index contributed by atoms with van der Waals surface area (Å²) in [4.78, 5) is 14.7. The molecule has 1 fully saturated rings. The van der Waals surface area contributed by atoms with Crippen LogP contribution in [0.3, 0.4) is 0 Å². The molecule has 0 amide bonds. The highest BCUT2D eigenvalue weighted by Gasteiger charge is 2.18. The van der Waals surface area contributed by atoms with Crippen LogP contribution in [0.4, 0.5) is 10.1 Å². The van der Waals surface area contributed by atoms with Crippen LogP contribution in [-0.2, 0) is 0 Å². The highest BCUT2D eigenvalue weighted by molar-refractivity contribution is 6.34. The lowest BCUT2D eigenvalue weighted by atomic mass is 10.1. The fraction of sp³-hybridized carbons (Fsp3) is 0.235. The van der Waals surface area contributed by atoms with Crippen molar-refractivity contribution in [1.29, 1.82) is 0 Å². The van der Waals surface area contributed by atoms with Crippen LogP contribution in [0.15, 0.2) is 39.5 Å². The molecule has 0 atom stereocenters. The average Bonchev–Trinajstić information content (AvgIpc) is 3.03. The molecular formula is C17H13ClFNO2. The molecule has 0 N–H and O–H groups in total. The first-order valence-corrected chi connectivity index (χ1v) is 7.62.